The highest BCUT2D eigenvalue weighted by Gasteiger charge is 1.99. The van der Waals surface area contributed by atoms with Crippen molar-refractivity contribution >= 4 is 0 Å². The van der Waals surface area contributed by atoms with Crippen LogP contribution in [0.15, 0.2) is 23.3 Å². The van der Waals surface area contributed by atoms with Crippen LogP contribution in [0.1, 0.15) is 34.1 Å². The molecule has 0 saturated heterocycles. The van der Waals surface area contributed by atoms with Crippen LogP contribution in [0.25, 0.3) is 0 Å². The van der Waals surface area contributed by atoms with E-state index in [0.29, 0.717) is 5.92 Å². The first-order valence-corrected chi connectivity index (χ1v) is 4.12. The third kappa shape index (κ3) is 5.05. The van der Waals surface area contributed by atoms with E-state index in [4.69, 9.17) is 0 Å². The molecule has 0 saturated carbocycles. The van der Waals surface area contributed by atoms with Gasteiger partial charge in [-0.2, -0.15) is 0 Å². The third-order valence-corrected chi connectivity index (χ3v) is 1.43. The smallest absolute Gasteiger partial charge is 0.154 e. The Hall–Kier alpha value is -0.660. The van der Waals surface area contributed by atoms with Gasteiger partial charge in [-0.05, 0) is 32.3 Å². The first-order chi connectivity index (χ1) is 5.43. The molecular weight excluding hydrogens is 158 g/mol. The Balaban J connectivity index is 4.27. The van der Waals surface area contributed by atoms with Crippen LogP contribution < -0.4 is 0 Å². The second-order valence-electron chi connectivity index (χ2n) is 3.47. The molecule has 70 valence electrons. The minimum absolute atomic E-state index is 0.481. The van der Waals surface area contributed by atoms with E-state index in [2.05, 4.69) is 0 Å². The van der Waals surface area contributed by atoms with Crippen LogP contribution in [-0.4, -0.2) is 0 Å². The Bertz CT molecular complexity index is 196. The summed E-state index contributed by atoms with van der Waals surface area (Å²) in [5, 5.41) is 0. The van der Waals surface area contributed by atoms with Crippen molar-refractivity contribution in [3.05, 3.63) is 23.3 Å². The minimum Gasteiger partial charge on any atom is -0.209 e. The molecule has 0 atom stereocenters. The fourth-order valence-electron chi connectivity index (χ4n) is 1.02. The monoisotopic (exact) mass is 174 g/mol. The molecule has 0 spiro atoms. The van der Waals surface area contributed by atoms with E-state index in [-0.39, 0.29) is 0 Å². The van der Waals surface area contributed by atoms with Gasteiger partial charge in [0.2, 0.25) is 0 Å². The summed E-state index contributed by atoms with van der Waals surface area (Å²) in [6.45, 7) is 7.01. The highest BCUT2D eigenvalue weighted by Crippen LogP contribution is 2.15. The Kier molecular flexibility index (Phi) is 4.79. The predicted molar refractivity (Wildman–Crippen MR) is 48.1 cm³/mol. The summed E-state index contributed by atoms with van der Waals surface area (Å²) >= 11 is 0. The minimum atomic E-state index is -0.756. The van der Waals surface area contributed by atoms with Crippen molar-refractivity contribution in [3.8, 4) is 0 Å². The molecule has 0 aliphatic heterocycles. The van der Waals surface area contributed by atoms with E-state index in [1.807, 2.05) is 20.8 Å². The summed E-state index contributed by atoms with van der Waals surface area (Å²) in [6, 6.07) is 0. The topological polar surface area (TPSA) is 0 Å². The number of allylic oxidation sites excluding steroid dienone is 4. The SMILES string of the molecule is CC(=CC(F)=C(C)F)CC(C)C. The fourth-order valence-corrected chi connectivity index (χ4v) is 1.02. The highest BCUT2D eigenvalue weighted by atomic mass is 19.2. The van der Waals surface area contributed by atoms with Crippen molar-refractivity contribution in [2.24, 2.45) is 5.92 Å². The lowest BCUT2D eigenvalue weighted by Crippen LogP contribution is -1.88. The van der Waals surface area contributed by atoms with Crippen molar-refractivity contribution in [3.63, 3.8) is 0 Å². The van der Waals surface area contributed by atoms with Crippen molar-refractivity contribution in [1.29, 1.82) is 0 Å². The Morgan fingerprint density at radius 3 is 2.08 bits per heavy atom. The molecule has 0 aromatic heterocycles. The van der Waals surface area contributed by atoms with Gasteiger partial charge in [0.15, 0.2) is 5.83 Å². The lowest BCUT2D eigenvalue weighted by atomic mass is 10.0. The van der Waals surface area contributed by atoms with Gasteiger partial charge in [-0.15, -0.1) is 0 Å². The standard InChI is InChI=1S/C10H16F2/c1-7(2)5-8(3)6-10(12)9(4)11/h6-7H,5H2,1-4H3. The molecule has 0 rings (SSSR count). The van der Waals surface area contributed by atoms with Crippen LogP contribution in [0, 0.1) is 5.92 Å². The molecule has 0 heterocycles. The van der Waals surface area contributed by atoms with Crippen molar-refractivity contribution in [2.75, 3.05) is 0 Å². The molecule has 0 aliphatic rings. The summed E-state index contributed by atoms with van der Waals surface area (Å²) in [6.07, 6.45) is 2.07. The quantitative estimate of drug-likeness (QED) is 0.564. The van der Waals surface area contributed by atoms with E-state index < -0.39 is 11.7 Å². The normalized spacial score (nSPS) is 15.1. The maximum atomic E-state index is 12.7. The molecule has 12 heavy (non-hydrogen) atoms. The van der Waals surface area contributed by atoms with Crippen LogP contribution in [0.4, 0.5) is 8.78 Å². The van der Waals surface area contributed by atoms with Gasteiger partial charge in [0, 0.05) is 0 Å². The Morgan fingerprint density at radius 2 is 1.75 bits per heavy atom. The van der Waals surface area contributed by atoms with Crippen LogP contribution in [0.2, 0.25) is 0 Å². The number of rotatable bonds is 3. The lowest BCUT2D eigenvalue weighted by Gasteiger charge is -2.03. The predicted octanol–water partition coefficient (Wildman–Crippen LogP) is 4.15. The van der Waals surface area contributed by atoms with E-state index in [1.165, 1.54) is 6.08 Å². The summed E-state index contributed by atoms with van der Waals surface area (Å²) in [4.78, 5) is 0. The molecule has 0 aromatic rings. The van der Waals surface area contributed by atoms with Gasteiger partial charge >= 0.3 is 0 Å². The van der Waals surface area contributed by atoms with Crippen LogP contribution in [-0.2, 0) is 0 Å². The van der Waals surface area contributed by atoms with E-state index in [0.717, 1.165) is 18.9 Å². The molecule has 0 amide bonds. The molecule has 0 aliphatic carbocycles. The summed E-state index contributed by atoms with van der Waals surface area (Å²) in [7, 11) is 0. The van der Waals surface area contributed by atoms with Crippen molar-refractivity contribution in [2.45, 2.75) is 34.1 Å². The first-order valence-electron chi connectivity index (χ1n) is 4.12. The molecule has 0 fully saturated rings. The maximum absolute atomic E-state index is 12.7. The number of hydrogen-bond donors (Lipinski definition) is 0. The van der Waals surface area contributed by atoms with E-state index >= 15 is 0 Å². The zero-order valence-electron chi connectivity index (χ0n) is 8.12. The van der Waals surface area contributed by atoms with Crippen molar-refractivity contribution in [1.82, 2.24) is 0 Å². The average Bonchev–Trinajstić information content (AvgIpc) is 1.84. The highest BCUT2D eigenvalue weighted by molar-refractivity contribution is 5.18. The third-order valence-electron chi connectivity index (χ3n) is 1.43. The van der Waals surface area contributed by atoms with Crippen LogP contribution >= 0.6 is 0 Å². The van der Waals surface area contributed by atoms with Gasteiger partial charge in [-0.1, -0.05) is 19.4 Å². The first kappa shape index (κ1) is 11.3. The molecule has 0 nitrogen and oxygen atoms in total. The average molecular weight is 174 g/mol. The summed E-state index contributed by atoms with van der Waals surface area (Å²) < 4.78 is 24.9. The molecule has 0 unspecified atom stereocenters. The molecule has 0 N–H and O–H groups in total. The van der Waals surface area contributed by atoms with Gasteiger partial charge in [0.05, 0.1) is 0 Å². The molecular formula is C10H16F2. The number of hydrogen-bond acceptors (Lipinski definition) is 0. The molecule has 0 bridgehead atoms. The molecule has 2 heteroatoms. The van der Waals surface area contributed by atoms with Gasteiger partial charge in [-0.25, -0.2) is 8.78 Å². The van der Waals surface area contributed by atoms with E-state index in [9.17, 15) is 8.78 Å². The number of halogens is 2. The maximum Gasteiger partial charge on any atom is 0.154 e. The lowest BCUT2D eigenvalue weighted by molar-refractivity contribution is 0.552. The largest absolute Gasteiger partial charge is 0.209 e. The van der Waals surface area contributed by atoms with Crippen LogP contribution in [0.3, 0.4) is 0 Å². The summed E-state index contributed by atoms with van der Waals surface area (Å²) in [5.41, 5.74) is 0.875. The van der Waals surface area contributed by atoms with Gasteiger partial charge < -0.3 is 0 Å². The molecule has 0 aromatic carbocycles. The van der Waals surface area contributed by atoms with Gasteiger partial charge in [-0.3, -0.25) is 0 Å². The zero-order chi connectivity index (χ0) is 9.72. The van der Waals surface area contributed by atoms with Gasteiger partial charge in [0.1, 0.15) is 5.83 Å². The van der Waals surface area contributed by atoms with Crippen molar-refractivity contribution < 1.29 is 8.78 Å². The second kappa shape index (κ2) is 5.07. The second-order valence-corrected chi connectivity index (χ2v) is 3.47. The zero-order valence-corrected chi connectivity index (χ0v) is 8.12. The molecule has 0 radical (unpaired) electrons. The van der Waals surface area contributed by atoms with Gasteiger partial charge in [0.25, 0.3) is 0 Å². The Morgan fingerprint density at radius 1 is 1.25 bits per heavy atom. The summed E-state index contributed by atoms with van der Waals surface area (Å²) in [5.74, 6) is -1.03. The Labute approximate surface area is 73.0 Å². The van der Waals surface area contributed by atoms with E-state index in [1.54, 1.807) is 0 Å². The van der Waals surface area contributed by atoms with Crippen LogP contribution in [0.5, 0.6) is 0 Å². The fraction of sp³-hybridized carbons (Fsp3) is 0.600.